The first-order chi connectivity index (χ1) is 9.56. The summed E-state index contributed by atoms with van der Waals surface area (Å²) in [4.78, 5) is 22.6. The lowest BCUT2D eigenvalue weighted by atomic mass is 10.1. The fraction of sp³-hybridized carbons (Fsp3) is 0.467. The van der Waals surface area contributed by atoms with E-state index in [1.165, 1.54) is 19.6 Å². The van der Waals surface area contributed by atoms with E-state index in [1.807, 2.05) is 12.1 Å². The van der Waals surface area contributed by atoms with Crippen LogP contribution in [0.3, 0.4) is 0 Å². The molecule has 0 aliphatic carbocycles. The van der Waals surface area contributed by atoms with Gasteiger partial charge in [0, 0.05) is 19.2 Å². The molecule has 0 saturated carbocycles. The molecular formula is C15H22N2O3. The Hall–Kier alpha value is -2.04. The van der Waals surface area contributed by atoms with Gasteiger partial charge in [0.25, 0.3) is 0 Å². The zero-order valence-corrected chi connectivity index (χ0v) is 12.2. The highest BCUT2D eigenvalue weighted by Crippen LogP contribution is 2.11. The second kappa shape index (κ2) is 8.19. The number of hydrogen-bond acceptors (Lipinski definition) is 4. The summed E-state index contributed by atoms with van der Waals surface area (Å²) in [6.45, 7) is 3.80. The van der Waals surface area contributed by atoms with E-state index in [2.05, 4.69) is 34.4 Å². The maximum atomic E-state index is 11.5. The number of anilines is 1. The lowest BCUT2D eigenvalue weighted by Gasteiger charge is -2.17. The molecule has 0 saturated heterocycles. The van der Waals surface area contributed by atoms with Gasteiger partial charge in [-0.3, -0.25) is 4.79 Å². The Labute approximate surface area is 119 Å². The summed E-state index contributed by atoms with van der Waals surface area (Å²) in [6.07, 6.45) is 2.16. The molecule has 1 atom stereocenters. The largest absolute Gasteiger partial charge is 0.467 e. The zero-order chi connectivity index (χ0) is 15.0. The lowest BCUT2D eigenvalue weighted by molar-refractivity contribution is -0.144. The van der Waals surface area contributed by atoms with Gasteiger partial charge in [-0.25, -0.2) is 4.79 Å². The number of rotatable bonds is 7. The molecule has 1 rings (SSSR count). The molecule has 0 aromatic heterocycles. The van der Waals surface area contributed by atoms with Crippen molar-refractivity contribution in [1.82, 2.24) is 5.32 Å². The van der Waals surface area contributed by atoms with Gasteiger partial charge in [-0.2, -0.15) is 0 Å². The van der Waals surface area contributed by atoms with Gasteiger partial charge in [-0.1, -0.05) is 25.5 Å². The first-order valence-corrected chi connectivity index (χ1v) is 6.74. The molecule has 0 aliphatic heterocycles. The lowest BCUT2D eigenvalue weighted by Crippen LogP contribution is -2.45. The van der Waals surface area contributed by atoms with Crippen LogP contribution in [0.5, 0.6) is 0 Å². The van der Waals surface area contributed by atoms with Gasteiger partial charge < -0.3 is 15.4 Å². The van der Waals surface area contributed by atoms with Crippen molar-refractivity contribution >= 4 is 17.6 Å². The van der Waals surface area contributed by atoms with Crippen LogP contribution < -0.4 is 10.6 Å². The van der Waals surface area contributed by atoms with Crippen molar-refractivity contribution in [3.05, 3.63) is 29.8 Å². The third-order valence-electron chi connectivity index (χ3n) is 2.87. The average Bonchev–Trinajstić information content (AvgIpc) is 2.44. The first-order valence-electron chi connectivity index (χ1n) is 6.74. The van der Waals surface area contributed by atoms with E-state index in [-0.39, 0.29) is 5.91 Å². The number of nitrogens with one attached hydrogen (secondary N) is 2. The van der Waals surface area contributed by atoms with E-state index in [0.717, 1.165) is 18.5 Å². The van der Waals surface area contributed by atoms with Gasteiger partial charge in [-0.05, 0) is 24.1 Å². The predicted molar refractivity (Wildman–Crippen MR) is 78.5 cm³/mol. The summed E-state index contributed by atoms with van der Waals surface area (Å²) < 4.78 is 4.66. The number of methoxy groups -OCH3 is 1. The molecular weight excluding hydrogens is 256 g/mol. The maximum Gasteiger partial charge on any atom is 0.330 e. The van der Waals surface area contributed by atoms with Crippen LogP contribution in [0.4, 0.5) is 5.69 Å². The van der Waals surface area contributed by atoms with Crippen LogP contribution in [-0.4, -0.2) is 31.6 Å². The molecule has 1 unspecified atom stereocenters. The summed E-state index contributed by atoms with van der Waals surface area (Å²) in [6, 6.07) is 7.35. The minimum Gasteiger partial charge on any atom is -0.467 e. The fourth-order valence-corrected chi connectivity index (χ4v) is 1.88. The Morgan fingerprint density at radius 3 is 2.40 bits per heavy atom. The summed E-state index contributed by atoms with van der Waals surface area (Å²) in [5.41, 5.74) is 2.19. The molecule has 1 amide bonds. The molecule has 5 heteroatoms. The molecule has 2 N–H and O–H groups in total. The van der Waals surface area contributed by atoms with Crippen molar-refractivity contribution in [2.24, 2.45) is 0 Å². The van der Waals surface area contributed by atoms with Crippen LogP contribution in [-0.2, 0) is 20.7 Å². The number of carbonyl (C=O) groups is 2. The number of esters is 1. The van der Waals surface area contributed by atoms with Gasteiger partial charge in [0.1, 0.15) is 6.04 Å². The van der Waals surface area contributed by atoms with Crippen molar-refractivity contribution in [2.45, 2.75) is 32.7 Å². The molecule has 1 aromatic rings. The number of ether oxygens (including phenoxy) is 1. The summed E-state index contributed by atoms with van der Waals surface area (Å²) in [5.74, 6) is -0.726. The standard InChI is InChI=1S/C15H22N2O3/c1-4-5-12-6-8-13(9-7-12)16-10-14(15(19)20-3)17-11(2)18/h6-9,14,16H,4-5,10H2,1-3H3,(H,17,18). The Morgan fingerprint density at radius 2 is 1.90 bits per heavy atom. The third kappa shape index (κ3) is 5.30. The van der Waals surface area contributed by atoms with Crippen LogP contribution in [0.2, 0.25) is 0 Å². The van der Waals surface area contributed by atoms with Crippen molar-refractivity contribution in [1.29, 1.82) is 0 Å². The average molecular weight is 278 g/mol. The van der Waals surface area contributed by atoms with Gasteiger partial charge >= 0.3 is 5.97 Å². The highest BCUT2D eigenvalue weighted by Gasteiger charge is 2.19. The van der Waals surface area contributed by atoms with E-state index in [1.54, 1.807) is 0 Å². The summed E-state index contributed by atoms with van der Waals surface area (Å²) in [7, 11) is 1.30. The zero-order valence-electron chi connectivity index (χ0n) is 12.2. The van der Waals surface area contributed by atoms with Crippen molar-refractivity contribution < 1.29 is 14.3 Å². The normalized spacial score (nSPS) is 11.6. The SMILES string of the molecule is CCCc1ccc(NCC(NC(C)=O)C(=O)OC)cc1. The highest BCUT2D eigenvalue weighted by atomic mass is 16.5. The van der Waals surface area contributed by atoms with Crippen LogP contribution in [0.1, 0.15) is 25.8 Å². The molecule has 0 radical (unpaired) electrons. The van der Waals surface area contributed by atoms with Crippen molar-refractivity contribution in [3.8, 4) is 0 Å². The molecule has 0 spiro atoms. The van der Waals surface area contributed by atoms with E-state index < -0.39 is 12.0 Å². The van der Waals surface area contributed by atoms with E-state index in [0.29, 0.717) is 6.54 Å². The molecule has 1 aromatic carbocycles. The monoisotopic (exact) mass is 278 g/mol. The Morgan fingerprint density at radius 1 is 1.25 bits per heavy atom. The predicted octanol–water partition coefficient (Wildman–Crippen LogP) is 1.73. The van der Waals surface area contributed by atoms with Gasteiger partial charge in [0.15, 0.2) is 0 Å². The Bertz CT molecular complexity index is 443. The minimum atomic E-state index is -0.687. The summed E-state index contributed by atoms with van der Waals surface area (Å²) >= 11 is 0. The Kier molecular flexibility index (Phi) is 6.56. The highest BCUT2D eigenvalue weighted by molar-refractivity contribution is 5.83. The van der Waals surface area contributed by atoms with Gasteiger partial charge in [0.05, 0.1) is 7.11 Å². The molecule has 110 valence electrons. The summed E-state index contributed by atoms with van der Waals surface area (Å²) in [5, 5.41) is 5.68. The number of benzene rings is 1. The van der Waals surface area contributed by atoms with Crippen molar-refractivity contribution in [3.63, 3.8) is 0 Å². The van der Waals surface area contributed by atoms with Crippen molar-refractivity contribution in [2.75, 3.05) is 19.0 Å². The van der Waals surface area contributed by atoms with Crippen LogP contribution in [0, 0.1) is 0 Å². The minimum absolute atomic E-state index is 0.263. The molecule has 0 bridgehead atoms. The van der Waals surface area contributed by atoms with E-state index >= 15 is 0 Å². The number of aryl methyl sites for hydroxylation is 1. The van der Waals surface area contributed by atoms with E-state index in [9.17, 15) is 9.59 Å². The molecule has 0 aliphatic rings. The molecule has 5 nitrogen and oxygen atoms in total. The molecule has 0 heterocycles. The molecule has 0 fully saturated rings. The van der Waals surface area contributed by atoms with Gasteiger partial charge in [-0.15, -0.1) is 0 Å². The fourth-order valence-electron chi connectivity index (χ4n) is 1.88. The Balaban J connectivity index is 2.57. The van der Waals surface area contributed by atoms with Crippen LogP contribution in [0.15, 0.2) is 24.3 Å². The number of hydrogen-bond donors (Lipinski definition) is 2. The van der Waals surface area contributed by atoms with Crippen LogP contribution in [0.25, 0.3) is 0 Å². The number of amides is 1. The van der Waals surface area contributed by atoms with Gasteiger partial charge in [0.2, 0.25) is 5.91 Å². The quantitative estimate of drug-likeness (QED) is 0.745. The second-order valence-corrected chi connectivity index (χ2v) is 4.60. The molecule has 20 heavy (non-hydrogen) atoms. The third-order valence-corrected chi connectivity index (χ3v) is 2.87. The smallest absolute Gasteiger partial charge is 0.330 e. The van der Waals surface area contributed by atoms with E-state index in [4.69, 9.17) is 0 Å². The second-order valence-electron chi connectivity index (χ2n) is 4.60. The topological polar surface area (TPSA) is 67.4 Å². The first kappa shape index (κ1) is 16.0. The van der Waals surface area contributed by atoms with Crippen LogP contribution >= 0.6 is 0 Å². The maximum absolute atomic E-state index is 11.5. The number of carbonyl (C=O) groups excluding carboxylic acids is 2.